The maximum Gasteiger partial charge on any atom is 0.253 e. The maximum atomic E-state index is 14.0. The van der Waals surface area contributed by atoms with Gasteiger partial charge in [-0.3, -0.25) is 19.3 Å². The molecular formula is C54H83N5O4. The molecule has 2 aliphatic rings. The highest BCUT2D eigenvalue weighted by molar-refractivity contribution is 5.99. The van der Waals surface area contributed by atoms with E-state index in [2.05, 4.69) is 69.2 Å². The van der Waals surface area contributed by atoms with Crippen LogP contribution in [0.5, 0.6) is 0 Å². The van der Waals surface area contributed by atoms with Crippen LogP contribution in [0.3, 0.4) is 0 Å². The Labute approximate surface area is 381 Å². The molecular weight excluding hydrogens is 783 g/mol. The van der Waals surface area contributed by atoms with Gasteiger partial charge in [-0.25, -0.2) is 0 Å². The van der Waals surface area contributed by atoms with Gasteiger partial charge in [0, 0.05) is 94.0 Å². The number of aromatic nitrogens is 1. The monoisotopic (exact) mass is 866 g/mol. The number of amides is 2. The van der Waals surface area contributed by atoms with Crippen molar-refractivity contribution >= 4 is 17.5 Å². The van der Waals surface area contributed by atoms with Gasteiger partial charge >= 0.3 is 0 Å². The Bertz CT molecular complexity index is 1880. The second-order valence-electron chi connectivity index (χ2n) is 18.7. The number of carbonyl (C=O) groups excluding carboxylic acids is 2. The first-order valence-electron chi connectivity index (χ1n) is 25.2. The van der Waals surface area contributed by atoms with Crippen molar-refractivity contribution < 1.29 is 14.3 Å². The molecule has 0 saturated carbocycles. The highest BCUT2D eigenvalue weighted by Gasteiger charge is 2.26. The van der Waals surface area contributed by atoms with Crippen LogP contribution in [0.1, 0.15) is 181 Å². The van der Waals surface area contributed by atoms with Crippen molar-refractivity contribution in [3.63, 3.8) is 0 Å². The van der Waals surface area contributed by atoms with Crippen LogP contribution in [0.2, 0.25) is 0 Å². The summed E-state index contributed by atoms with van der Waals surface area (Å²) in [5, 5.41) is 3.07. The lowest BCUT2D eigenvalue weighted by Gasteiger charge is -2.37. The maximum absolute atomic E-state index is 14.0. The van der Waals surface area contributed by atoms with E-state index >= 15 is 0 Å². The number of H-pyrrole nitrogens is 1. The predicted molar refractivity (Wildman–Crippen MR) is 262 cm³/mol. The van der Waals surface area contributed by atoms with E-state index < -0.39 is 0 Å². The number of rotatable bonds is 27. The summed E-state index contributed by atoms with van der Waals surface area (Å²) in [5.41, 5.74) is 8.00. The quantitative estimate of drug-likeness (QED) is 0.0741. The Morgan fingerprint density at radius 1 is 0.730 bits per heavy atom. The van der Waals surface area contributed by atoms with Crippen LogP contribution < -0.4 is 15.8 Å². The molecule has 5 rings (SSSR count). The Kier molecular flexibility index (Phi) is 21.8. The molecule has 2 aromatic carbocycles. The SMILES string of the molecule is CCCCCCCCCCCCCCCCCCCC(=O)N1CCN(Cc2ccc(-c3cc(C(=O)NCc4c(C)cc(C)[nH]c4=O)c(C)c(N(CC)C4CCOCC4)c3)cc2)CC1. The minimum absolute atomic E-state index is 0.160. The third kappa shape index (κ3) is 16.2. The first-order valence-corrected chi connectivity index (χ1v) is 25.2. The van der Waals surface area contributed by atoms with Gasteiger partial charge in [-0.1, -0.05) is 134 Å². The number of anilines is 1. The van der Waals surface area contributed by atoms with Crippen LogP contribution in [0.4, 0.5) is 5.69 Å². The van der Waals surface area contributed by atoms with E-state index in [1.807, 2.05) is 32.9 Å². The largest absolute Gasteiger partial charge is 0.381 e. The molecule has 9 nitrogen and oxygen atoms in total. The van der Waals surface area contributed by atoms with Gasteiger partial charge in [0.15, 0.2) is 0 Å². The van der Waals surface area contributed by atoms with E-state index in [-0.39, 0.29) is 18.0 Å². The molecule has 1 aromatic heterocycles. The van der Waals surface area contributed by atoms with Gasteiger partial charge < -0.3 is 24.8 Å². The van der Waals surface area contributed by atoms with Crippen molar-refractivity contribution in [2.24, 2.45) is 0 Å². The number of hydrogen-bond acceptors (Lipinski definition) is 6. The standard InChI is InChI=1S/C54H83N5O4/c1-6-8-9-10-11-12-13-14-15-16-17-18-19-20-21-22-23-24-52(60)58-33-31-57(32-34-58)41-45-25-27-46(28-26-45)47-38-49(53(61)55-40-50-42(3)37-43(4)56-54(50)62)44(5)51(39-47)59(7-2)48-29-35-63-36-30-48/h25-28,37-39,48H,6-24,29-36,40-41H2,1-5H3,(H,55,61)(H,56,62). The molecule has 3 aromatic rings. The van der Waals surface area contributed by atoms with Crippen molar-refractivity contribution in [3.05, 3.63) is 86.3 Å². The van der Waals surface area contributed by atoms with Crippen LogP contribution >= 0.6 is 0 Å². The zero-order valence-corrected chi connectivity index (χ0v) is 40.1. The molecule has 0 atom stereocenters. The van der Waals surface area contributed by atoms with Gasteiger partial charge in [0.05, 0.1) is 0 Å². The molecule has 2 aliphatic heterocycles. The zero-order chi connectivity index (χ0) is 44.8. The van der Waals surface area contributed by atoms with E-state index in [1.165, 1.54) is 108 Å². The van der Waals surface area contributed by atoms with Crippen molar-refractivity contribution in [2.75, 3.05) is 50.8 Å². The van der Waals surface area contributed by atoms with Crippen molar-refractivity contribution in [2.45, 2.75) is 182 Å². The van der Waals surface area contributed by atoms with Gasteiger partial charge in [-0.15, -0.1) is 0 Å². The van der Waals surface area contributed by atoms with E-state index in [0.717, 1.165) is 105 Å². The number of nitrogens with zero attached hydrogens (tertiary/aromatic N) is 3. The van der Waals surface area contributed by atoms with E-state index in [9.17, 15) is 14.4 Å². The molecule has 2 saturated heterocycles. The highest BCUT2D eigenvalue weighted by atomic mass is 16.5. The topological polar surface area (TPSA) is 98.0 Å². The molecule has 0 aliphatic carbocycles. The lowest BCUT2D eigenvalue weighted by Crippen LogP contribution is -2.48. The summed E-state index contributed by atoms with van der Waals surface area (Å²) >= 11 is 0. The smallest absolute Gasteiger partial charge is 0.253 e. The summed E-state index contributed by atoms with van der Waals surface area (Å²) in [6, 6.07) is 15.3. The fourth-order valence-corrected chi connectivity index (χ4v) is 9.76. The number of carbonyl (C=O) groups is 2. The summed E-state index contributed by atoms with van der Waals surface area (Å²) in [7, 11) is 0. The first-order chi connectivity index (χ1) is 30.7. The Hall–Kier alpha value is -3.95. The summed E-state index contributed by atoms with van der Waals surface area (Å²) in [4.78, 5) is 49.6. The molecule has 3 heterocycles. The molecule has 348 valence electrons. The fraction of sp³-hybridized carbons (Fsp3) is 0.648. The number of piperazine rings is 1. The van der Waals surface area contributed by atoms with Crippen LogP contribution in [-0.2, 0) is 22.6 Å². The predicted octanol–water partition coefficient (Wildman–Crippen LogP) is 11.6. The van der Waals surface area contributed by atoms with Crippen LogP contribution in [0.25, 0.3) is 11.1 Å². The number of pyridine rings is 1. The summed E-state index contributed by atoms with van der Waals surface area (Å²) in [6.45, 7) is 17.0. The highest BCUT2D eigenvalue weighted by Crippen LogP contribution is 2.34. The van der Waals surface area contributed by atoms with Gasteiger partial charge in [0.1, 0.15) is 0 Å². The minimum atomic E-state index is -0.188. The molecule has 2 N–H and O–H groups in total. The molecule has 2 amide bonds. The summed E-state index contributed by atoms with van der Waals surface area (Å²) < 4.78 is 5.71. The minimum Gasteiger partial charge on any atom is -0.381 e. The lowest BCUT2D eigenvalue weighted by molar-refractivity contribution is -0.133. The molecule has 0 bridgehead atoms. The third-order valence-corrected chi connectivity index (χ3v) is 13.7. The Morgan fingerprint density at radius 3 is 1.86 bits per heavy atom. The van der Waals surface area contributed by atoms with Gasteiger partial charge in [-0.2, -0.15) is 0 Å². The third-order valence-electron chi connectivity index (χ3n) is 13.7. The second-order valence-corrected chi connectivity index (χ2v) is 18.7. The van der Waals surface area contributed by atoms with Gasteiger partial charge in [0.25, 0.3) is 11.5 Å². The normalized spacial score (nSPS) is 14.9. The summed E-state index contributed by atoms with van der Waals surface area (Å²) in [6.07, 6.45) is 25.6. The number of hydrogen-bond donors (Lipinski definition) is 2. The number of aromatic amines is 1. The first kappa shape index (κ1) is 50.1. The van der Waals surface area contributed by atoms with Crippen LogP contribution in [0.15, 0.2) is 47.3 Å². The molecule has 63 heavy (non-hydrogen) atoms. The van der Waals surface area contributed by atoms with Crippen molar-refractivity contribution in [1.82, 2.24) is 20.1 Å². The van der Waals surface area contributed by atoms with Gasteiger partial charge in [0.2, 0.25) is 5.91 Å². The Balaban J connectivity index is 1.06. The zero-order valence-electron chi connectivity index (χ0n) is 40.1. The molecule has 0 spiro atoms. The van der Waals surface area contributed by atoms with E-state index in [4.69, 9.17) is 4.74 Å². The number of ether oxygens (including phenoxy) is 1. The van der Waals surface area contributed by atoms with E-state index in [1.54, 1.807) is 0 Å². The molecule has 0 unspecified atom stereocenters. The van der Waals surface area contributed by atoms with Crippen molar-refractivity contribution in [1.29, 1.82) is 0 Å². The van der Waals surface area contributed by atoms with Gasteiger partial charge in [-0.05, 0) is 93.0 Å². The molecule has 0 radical (unpaired) electrons. The summed E-state index contributed by atoms with van der Waals surface area (Å²) in [5.74, 6) is 0.135. The average Bonchev–Trinajstić information content (AvgIpc) is 3.28. The molecule has 9 heteroatoms. The van der Waals surface area contributed by atoms with Crippen LogP contribution in [-0.4, -0.2) is 78.6 Å². The fourth-order valence-electron chi connectivity index (χ4n) is 9.76. The van der Waals surface area contributed by atoms with Crippen molar-refractivity contribution in [3.8, 4) is 11.1 Å². The number of nitrogens with one attached hydrogen (secondary N) is 2. The average molecular weight is 866 g/mol. The number of unbranched alkanes of at least 4 members (excludes halogenated alkanes) is 16. The number of aryl methyl sites for hydroxylation is 2. The second kappa shape index (κ2) is 27.4. The Morgan fingerprint density at radius 2 is 1.30 bits per heavy atom. The lowest BCUT2D eigenvalue weighted by atomic mass is 9.94. The number of benzene rings is 2. The molecule has 2 fully saturated rings. The van der Waals surface area contributed by atoms with Crippen LogP contribution in [0, 0.1) is 20.8 Å². The van der Waals surface area contributed by atoms with E-state index in [0.29, 0.717) is 29.5 Å².